The second kappa shape index (κ2) is 4.87. The van der Waals surface area contributed by atoms with Gasteiger partial charge in [0.1, 0.15) is 11.6 Å². The Kier molecular flexibility index (Phi) is 3.61. The first kappa shape index (κ1) is 13.3. The second-order valence-electron chi connectivity index (χ2n) is 4.97. The standard InChI is InChI=1S/C11H17F3N4/c1-7(5-15)4-10-17-16-9-3-2-8(6-18(9)10)11(12,13)14/h7-8H,2-6,15H2,1H3. The lowest BCUT2D eigenvalue weighted by molar-refractivity contribution is -0.182. The molecule has 2 rings (SSSR count). The lowest BCUT2D eigenvalue weighted by atomic mass is 9.98. The van der Waals surface area contributed by atoms with Crippen molar-refractivity contribution in [3.8, 4) is 0 Å². The normalized spacial score (nSPS) is 21.7. The Morgan fingerprint density at radius 3 is 2.78 bits per heavy atom. The SMILES string of the molecule is CC(CN)Cc1nnc2n1CC(C(F)(F)F)CC2. The smallest absolute Gasteiger partial charge is 0.330 e. The van der Waals surface area contributed by atoms with Crippen LogP contribution in [0.3, 0.4) is 0 Å². The molecule has 0 fully saturated rings. The van der Waals surface area contributed by atoms with Gasteiger partial charge in [-0.1, -0.05) is 6.92 Å². The Labute approximate surface area is 103 Å². The van der Waals surface area contributed by atoms with E-state index in [0.717, 1.165) is 0 Å². The summed E-state index contributed by atoms with van der Waals surface area (Å²) in [5.74, 6) is 0.198. The first-order valence-electron chi connectivity index (χ1n) is 6.09. The van der Waals surface area contributed by atoms with Gasteiger partial charge in [0.05, 0.1) is 5.92 Å². The first-order chi connectivity index (χ1) is 8.41. The molecule has 0 bridgehead atoms. The van der Waals surface area contributed by atoms with E-state index in [2.05, 4.69) is 10.2 Å². The maximum absolute atomic E-state index is 12.7. The van der Waals surface area contributed by atoms with Crippen LogP contribution in [0.4, 0.5) is 13.2 Å². The number of hydrogen-bond acceptors (Lipinski definition) is 3. The highest BCUT2D eigenvalue weighted by Gasteiger charge is 2.42. The summed E-state index contributed by atoms with van der Waals surface area (Å²) in [5.41, 5.74) is 5.52. The average Bonchev–Trinajstić information content (AvgIpc) is 2.70. The fraction of sp³-hybridized carbons (Fsp3) is 0.818. The number of alkyl halides is 3. The summed E-state index contributed by atoms with van der Waals surface area (Å²) in [4.78, 5) is 0. The summed E-state index contributed by atoms with van der Waals surface area (Å²) in [6, 6.07) is 0. The molecule has 4 nitrogen and oxygen atoms in total. The Hall–Kier alpha value is -1.11. The summed E-state index contributed by atoms with van der Waals surface area (Å²) in [6.45, 7) is 2.38. The number of rotatable bonds is 3. The van der Waals surface area contributed by atoms with Gasteiger partial charge >= 0.3 is 6.18 Å². The van der Waals surface area contributed by atoms with Gasteiger partial charge in [0.2, 0.25) is 0 Å². The van der Waals surface area contributed by atoms with Gasteiger partial charge < -0.3 is 10.3 Å². The fourth-order valence-electron chi connectivity index (χ4n) is 2.20. The van der Waals surface area contributed by atoms with E-state index in [1.54, 1.807) is 4.57 Å². The minimum atomic E-state index is -4.14. The molecule has 1 aliphatic heterocycles. The number of nitrogens with two attached hydrogens (primary N) is 1. The van der Waals surface area contributed by atoms with Gasteiger partial charge in [-0.25, -0.2) is 0 Å². The van der Waals surface area contributed by atoms with Crippen LogP contribution in [0.2, 0.25) is 0 Å². The Bertz CT molecular complexity index is 413. The summed E-state index contributed by atoms with van der Waals surface area (Å²) in [5, 5.41) is 7.96. The number of hydrogen-bond donors (Lipinski definition) is 1. The van der Waals surface area contributed by atoms with Crippen LogP contribution in [-0.4, -0.2) is 27.5 Å². The molecule has 1 aromatic heterocycles. The second-order valence-corrected chi connectivity index (χ2v) is 4.97. The lowest BCUT2D eigenvalue weighted by Crippen LogP contribution is -2.33. The molecule has 2 N–H and O–H groups in total. The fourth-order valence-corrected chi connectivity index (χ4v) is 2.20. The van der Waals surface area contributed by atoms with Crippen LogP contribution in [-0.2, 0) is 19.4 Å². The van der Waals surface area contributed by atoms with Crippen molar-refractivity contribution in [1.82, 2.24) is 14.8 Å². The molecular formula is C11H17F3N4. The maximum Gasteiger partial charge on any atom is 0.393 e. The molecule has 0 saturated heterocycles. The molecular weight excluding hydrogens is 245 g/mol. The van der Waals surface area contributed by atoms with Crippen molar-refractivity contribution in [3.05, 3.63) is 11.6 Å². The molecule has 7 heteroatoms. The van der Waals surface area contributed by atoms with Gasteiger partial charge in [0.15, 0.2) is 0 Å². The Balaban J connectivity index is 2.17. The molecule has 0 spiro atoms. The highest BCUT2D eigenvalue weighted by atomic mass is 19.4. The van der Waals surface area contributed by atoms with Crippen LogP contribution < -0.4 is 5.73 Å². The summed E-state index contributed by atoms with van der Waals surface area (Å²) >= 11 is 0. The molecule has 1 aliphatic rings. The van der Waals surface area contributed by atoms with Crippen LogP contribution >= 0.6 is 0 Å². The Morgan fingerprint density at radius 2 is 2.17 bits per heavy atom. The lowest BCUT2D eigenvalue weighted by Gasteiger charge is -2.26. The number of halogens is 3. The zero-order valence-electron chi connectivity index (χ0n) is 10.2. The van der Waals surface area contributed by atoms with Crippen molar-refractivity contribution < 1.29 is 13.2 Å². The third-order valence-electron chi connectivity index (χ3n) is 3.42. The van der Waals surface area contributed by atoms with E-state index in [0.29, 0.717) is 31.0 Å². The summed E-state index contributed by atoms with van der Waals surface area (Å²) in [6.07, 6.45) is -3.12. The predicted octanol–water partition coefficient (Wildman–Crippen LogP) is 1.54. The maximum atomic E-state index is 12.7. The zero-order valence-corrected chi connectivity index (χ0v) is 10.2. The molecule has 0 radical (unpaired) electrons. The van der Waals surface area contributed by atoms with Gasteiger partial charge in [-0.3, -0.25) is 0 Å². The number of aryl methyl sites for hydroxylation is 1. The highest BCUT2D eigenvalue weighted by Crippen LogP contribution is 2.34. The molecule has 102 valence electrons. The minimum Gasteiger partial charge on any atom is -0.330 e. The topological polar surface area (TPSA) is 56.7 Å². The van der Waals surface area contributed by atoms with Crippen molar-refractivity contribution in [3.63, 3.8) is 0 Å². The van der Waals surface area contributed by atoms with Crippen LogP contribution in [0, 0.1) is 11.8 Å². The van der Waals surface area contributed by atoms with Crippen LogP contribution in [0.1, 0.15) is 25.0 Å². The molecule has 0 aromatic carbocycles. The number of aromatic nitrogens is 3. The van der Waals surface area contributed by atoms with Crippen molar-refractivity contribution in [2.24, 2.45) is 17.6 Å². The molecule has 2 atom stereocenters. The highest BCUT2D eigenvalue weighted by molar-refractivity contribution is 5.01. The molecule has 0 aliphatic carbocycles. The van der Waals surface area contributed by atoms with Gasteiger partial charge in [0, 0.05) is 19.4 Å². The third-order valence-corrected chi connectivity index (χ3v) is 3.42. The monoisotopic (exact) mass is 262 g/mol. The Morgan fingerprint density at radius 1 is 1.44 bits per heavy atom. The third kappa shape index (κ3) is 2.66. The van der Waals surface area contributed by atoms with Gasteiger partial charge in [-0.05, 0) is 18.9 Å². The van der Waals surface area contributed by atoms with E-state index in [1.165, 1.54) is 0 Å². The minimum absolute atomic E-state index is 0.0571. The zero-order chi connectivity index (χ0) is 13.3. The largest absolute Gasteiger partial charge is 0.393 e. The quantitative estimate of drug-likeness (QED) is 0.899. The van der Waals surface area contributed by atoms with Gasteiger partial charge in [-0.15, -0.1) is 10.2 Å². The van der Waals surface area contributed by atoms with Crippen molar-refractivity contribution in [2.75, 3.05) is 6.54 Å². The van der Waals surface area contributed by atoms with E-state index >= 15 is 0 Å². The average molecular weight is 262 g/mol. The van der Waals surface area contributed by atoms with E-state index in [9.17, 15) is 13.2 Å². The van der Waals surface area contributed by atoms with E-state index in [1.807, 2.05) is 6.92 Å². The molecule has 0 saturated carbocycles. The molecule has 0 amide bonds. The van der Waals surface area contributed by atoms with Gasteiger partial charge in [-0.2, -0.15) is 13.2 Å². The predicted molar refractivity (Wildman–Crippen MR) is 59.8 cm³/mol. The van der Waals surface area contributed by atoms with Crippen LogP contribution in [0.25, 0.3) is 0 Å². The van der Waals surface area contributed by atoms with Gasteiger partial charge in [0.25, 0.3) is 0 Å². The first-order valence-corrected chi connectivity index (χ1v) is 6.09. The van der Waals surface area contributed by atoms with Crippen molar-refractivity contribution in [2.45, 2.75) is 38.9 Å². The molecule has 18 heavy (non-hydrogen) atoms. The van der Waals surface area contributed by atoms with E-state index in [4.69, 9.17) is 5.73 Å². The van der Waals surface area contributed by atoms with Crippen molar-refractivity contribution >= 4 is 0 Å². The molecule has 1 aromatic rings. The van der Waals surface area contributed by atoms with E-state index < -0.39 is 12.1 Å². The molecule has 2 unspecified atom stereocenters. The summed E-state index contributed by atoms with van der Waals surface area (Å²) < 4.78 is 39.8. The molecule has 2 heterocycles. The number of fused-ring (bicyclic) bond motifs is 1. The van der Waals surface area contributed by atoms with Crippen LogP contribution in [0.15, 0.2) is 0 Å². The van der Waals surface area contributed by atoms with Crippen molar-refractivity contribution in [1.29, 1.82) is 0 Å². The number of nitrogens with zero attached hydrogens (tertiary/aromatic N) is 3. The summed E-state index contributed by atoms with van der Waals surface area (Å²) in [7, 11) is 0. The van der Waals surface area contributed by atoms with Crippen LogP contribution in [0.5, 0.6) is 0 Å². The van der Waals surface area contributed by atoms with E-state index in [-0.39, 0.29) is 18.9 Å².